The van der Waals surface area contributed by atoms with Gasteiger partial charge < -0.3 is 0 Å². The molecule has 0 saturated heterocycles. The summed E-state index contributed by atoms with van der Waals surface area (Å²) in [5, 5.41) is 16.5. The molecule has 7 aromatic carbocycles. The highest BCUT2D eigenvalue weighted by Gasteiger charge is 2.41. The zero-order valence-corrected chi connectivity index (χ0v) is 28.4. The molecular weight excluding hydrogens is 625 g/mol. The van der Waals surface area contributed by atoms with Gasteiger partial charge in [0, 0.05) is 21.9 Å². The molecule has 238 valence electrons. The van der Waals surface area contributed by atoms with Crippen molar-refractivity contribution in [3.63, 3.8) is 0 Å². The molecule has 0 atom stereocenters. The van der Waals surface area contributed by atoms with E-state index >= 15 is 0 Å². The van der Waals surface area contributed by atoms with Crippen molar-refractivity contribution in [1.29, 1.82) is 5.41 Å². The van der Waals surface area contributed by atoms with E-state index in [0.29, 0.717) is 5.84 Å². The summed E-state index contributed by atoms with van der Waals surface area (Å²) in [4.78, 5) is 10.0. The molecule has 8 aromatic rings. The lowest BCUT2D eigenvalue weighted by Crippen LogP contribution is -2.74. The number of nitrogens with one attached hydrogen (secondary N) is 1. The van der Waals surface area contributed by atoms with Crippen LogP contribution in [0.1, 0.15) is 11.1 Å². The Morgan fingerprint density at radius 3 is 1.40 bits per heavy atom. The largest absolute Gasteiger partial charge is 0.300 e. The second-order valence-corrected chi connectivity index (χ2v) is 16.0. The molecule has 0 fully saturated rings. The molecule has 1 heterocycles. The van der Waals surface area contributed by atoms with Gasteiger partial charge in [0.25, 0.3) is 0 Å². The lowest BCUT2D eigenvalue weighted by atomic mass is 10.2. The van der Waals surface area contributed by atoms with Crippen molar-refractivity contribution in [3.8, 4) is 0 Å². The normalized spacial score (nSPS) is 12.1. The van der Waals surface area contributed by atoms with Crippen LogP contribution in [0.25, 0.3) is 21.8 Å². The van der Waals surface area contributed by atoms with Crippen molar-refractivity contribution < 1.29 is 0 Å². The number of hydrogen-bond acceptors (Lipinski definition) is 1. The van der Waals surface area contributed by atoms with Gasteiger partial charge in [0.05, 0.1) is 11.0 Å². The Kier molecular flexibility index (Phi) is 8.39. The van der Waals surface area contributed by atoms with Crippen molar-refractivity contribution in [2.75, 3.05) is 0 Å². The van der Waals surface area contributed by atoms with Gasteiger partial charge in [-0.3, -0.25) is 9.98 Å². The van der Waals surface area contributed by atoms with E-state index in [4.69, 9.17) is 15.4 Å². The number of aliphatic imine (C=N–C) groups is 2. The molecule has 0 aliphatic carbocycles. The van der Waals surface area contributed by atoms with Gasteiger partial charge in [-0.2, -0.15) is 0 Å². The Hall–Kier alpha value is -6.43. The summed E-state index contributed by atoms with van der Waals surface area (Å²) in [7, 11) is -2.80. The third-order valence-corrected chi connectivity index (χ3v) is 14.1. The summed E-state index contributed by atoms with van der Waals surface area (Å²) in [6.45, 7) is 0. The Balaban J connectivity index is 1.35. The van der Waals surface area contributed by atoms with Crippen LogP contribution >= 0.6 is 0 Å². The van der Waals surface area contributed by atoms with E-state index in [0.717, 1.165) is 32.9 Å². The fourth-order valence-corrected chi connectivity index (χ4v) is 11.9. The van der Waals surface area contributed by atoms with Crippen LogP contribution < -0.4 is 20.7 Å². The molecule has 1 aromatic heterocycles. The first kappa shape index (κ1) is 30.9. The molecule has 0 aliphatic rings. The average molecular weight is 659 g/mol. The topological polar surface area (TPSA) is 53.5 Å². The molecule has 0 radical (unpaired) electrons. The van der Waals surface area contributed by atoms with Gasteiger partial charge >= 0.3 is 0 Å². The van der Waals surface area contributed by atoms with Crippen molar-refractivity contribution in [2.45, 2.75) is 0 Å². The van der Waals surface area contributed by atoms with Crippen LogP contribution in [0, 0.1) is 5.41 Å². The zero-order chi connectivity index (χ0) is 33.8. The average Bonchev–Trinajstić information content (AvgIpc) is 3.52. The van der Waals surface area contributed by atoms with Gasteiger partial charge in [0.2, 0.25) is 0 Å². The molecule has 1 N–H and O–H groups in total. The zero-order valence-electron chi connectivity index (χ0n) is 27.4. The first-order valence-corrected chi connectivity index (χ1v) is 18.8. The molecule has 0 amide bonds. The first-order valence-electron chi connectivity index (χ1n) is 16.8. The summed E-state index contributed by atoms with van der Waals surface area (Å²) in [5.74, 6) is 0.628. The van der Waals surface area contributed by atoms with Gasteiger partial charge in [-0.25, -0.2) is 9.98 Å². The van der Waals surface area contributed by atoms with Crippen molar-refractivity contribution in [1.82, 2.24) is 4.57 Å². The molecule has 0 spiro atoms. The number of para-hydroxylation sites is 2. The highest BCUT2D eigenvalue weighted by atomic mass is 28.3. The highest BCUT2D eigenvalue weighted by molar-refractivity contribution is 7.19. The second-order valence-electron chi connectivity index (χ2n) is 12.2. The first-order chi connectivity index (χ1) is 24.7. The summed E-state index contributed by atoms with van der Waals surface area (Å²) in [6.07, 6.45) is 1.85. The van der Waals surface area contributed by atoms with Crippen molar-refractivity contribution >= 4 is 68.6 Å². The van der Waals surface area contributed by atoms with Crippen LogP contribution in [0.3, 0.4) is 0 Å². The van der Waals surface area contributed by atoms with E-state index in [1.807, 2.05) is 36.7 Å². The number of amidine groups is 2. The lowest BCUT2D eigenvalue weighted by Gasteiger charge is -2.34. The second kappa shape index (κ2) is 13.6. The molecule has 8 rings (SSSR count). The number of rotatable bonds is 7. The minimum Gasteiger partial charge on any atom is -0.300 e. The quantitative estimate of drug-likeness (QED) is 0.0798. The van der Waals surface area contributed by atoms with E-state index in [1.165, 1.54) is 20.7 Å². The maximum absolute atomic E-state index is 9.05. The summed E-state index contributed by atoms with van der Waals surface area (Å²) in [5.41, 5.74) is 3.70. The molecule has 5 heteroatoms. The van der Waals surface area contributed by atoms with Crippen LogP contribution in [0.5, 0.6) is 0 Å². The number of benzene rings is 7. The number of aromatic nitrogens is 1. The molecule has 4 nitrogen and oxygen atoms in total. The van der Waals surface area contributed by atoms with Crippen molar-refractivity contribution in [3.05, 3.63) is 205 Å². The number of nitrogens with zero attached hydrogens (tertiary/aromatic N) is 3. The van der Waals surface area contributed by atoms with E-state index in [1.54, 1.807) is 0 Å². The third kappa shape index (κ3) is 5.60. The predicted molar refractivity (Wildman–Crippen MR) is 213 cm³/mol. The standard InChI is InChI=1S/C45H34N4Si/c46-44(34-18-5-1-6-19-34)48-45(47-33-49-42-30-15-13-28-40(42)41-29-14-16-31-43(41)49)35-20-17-27-39(32-35)50(36-21-7-2-8-22-36,37-23-9-3-10-24-37)38-25-11-4-12-26-38/h1-33,46H/b46-44?,47-33+,48-45-. The monoisotopic (exact) mass is 658 g/mol. The SMILES string of the molecule is N=C(/N=C(\N=C\n1c2ccccc2c2ccccc21)c1cccc([Si](c2ccccc2)(c2ccccc2)c2ccccc2)c1)c1ccccc1. The third-order valence-electron chi connectivity index (χ3n) is 9.35. The maximum Gasteiger partial charge on any atom is 0.179 e. The molecule has 0 saturated carbocycles. The fourth-order valence-electron chi connectivity index (χ4n) is 7.08. The molecule has 0 bridgehead atoms. The van der Waals surface area contributed by atoms with Gasteiger partial charge in [-0.1, -0.05) is 182 Å². The van der Waals surface area contributed by atoms with Crippen LogP contribution in [-0.4, -0.2) is 30.7 Å². The number of fused-ring (bicyclic) bond motifs is 3. The van der Waals surface area contributed by atoms with Gasteiger partial charge in [0.1, 0.15) is 6.34 Å². The maximum atomic E-state index is 9.05. The van der Waals surface area contributed by atoms with Gasteiger partial charge in [0.15, 0.2) is 19.7 Å². The minimum atomic E-state index is -2.80. The van der Waals surface area contributed by atoms with Crippen LogP contribution in [-0.2, 0) is 0 Å². The van der Waals surface area contributed by atoms with E-state index in [9.17, 15) is 0 Å². The Labute approximate surface area is 292 Å². The van der Waals surface area contributed by atoms with Crippen LogP contribution in [0.2, 0.25) is 0 Å². The summed E-state index contributed by atoms with van der Waals surface area (Å²) in [6, 6.07) is 67.7. The summed E-state index contributed by atoms with van der Waals surface area (Å²) >= 11 is 0. The van der Waals surface area contributed by atoms with Crippen molar-refractivity contribution in [2.24, 2.45) is 9.98 Å². The predicted octanol–water partition coefficient (Wildman–Crippen LogP) is 7.52. The Bertz CT molecular complexity index is 2340. The molecule has 0 unspecified atom stereocenters. The smallest absolute Gasteiger partial charge is 0.179 e. The van der Waals surface area contributed by atoms with Gasteiger partial charge in [-0.05, 0) is 32.9 Å². The van der Waals surface area contributed by atoms with Gasteiger partial charge in [-0.15, -0.1) is 0 Å². The van der Waals surface area contributed by atoms with Crippen LogP contribution in [0.4, 0.5) is 0 Å². The summed E-state index contributed by atoms with van der Waals surface area (Å²) < 4.78 is 2.12. The minimum absolute atomic E-state index is 0.156. The Morgan fingerprint density at radius 2 is 0.880 bits per heavy atom. The van der Waals surface area contributed by atoms with Crippen LogP contribution in [0.15, 0.2) is 204 Å². The highest BCUT2D eigenvalue weighted by Crippen LogP contribution is 2.27. The Morgan fingerprint density at radius 1 is 0.460 bits per heavy atom. The molecule has 50 heavy (non-hydrogen) atoms. The fraction of sp³-hybridized carbons (Fsp3) is 0. The lowest BCUT2D eigenvalue weighted by molar-refractivity contribution is 1.31. The molecular formula is C45H34N4Si. The van der Waals surface area contributed by atoms with E-state index < -0.39 is 8.07 Å². The van der Waals surface area contributed by atoms with E-state index in [-0.39, 0.29) is 5.84 Å². The molecule has 0 aliphatic heterocycles. The number of hydrogen-bond donors (Lipinski definition) is 1. The van der Waals surface area contributed by atoms with E-state index in [2.05, 4.69) is 168 Å².